The summed E-state index contributed by atoms with van der Waals surface area (Å²) in [5.41, 5.74) is -0.743. The van der Waals surface area contributed by atoms with E-state index in [4.69, 9.17) is 23.2 Å². The van der Waals surface area contributed by atoms with E-state index in [9.17, 15) is 23.1 Å². The zero-order valence-corrected chi connectivity index (χ0v) is 16.5. The Morgan fingerprint density at radius 3 is 2.36 bits per heavy atom. The van der Waals surface area contributed by atoms with E-state index >= 15 is 0 Å². The van der Waals surface area contributed by atoms with Crippen molar-refractivity contribution in [2.24, 2.45) is 0 Å². The molecule has 0 aliphatic carbocycles. The molecule has 8 heteroatoms. The van der Waals surface area contributed by atoms with Crippen LogP contribution in [0.15, 0.2) is 36.4 Å². The highest BCUT2D eigenvalue weighted by molar-refractivity contribution is 6.34. The third-order valence-corrected chi connectivity index (χ3v) is 5.73. The number of aryl methyl sites for hydroxylation is 1. The largest absolute Gasteiger partial charge is 0.478 e. The summed E-state index contributed by atoms with van der Waals surface area (Å²) in [4.78, 5) is 12.9. The van der Waals surface area contributed by atoms with Crippen molar-refractivity contribution < 1.29 is 23.1 Å². The van der Waals surface area contributed by atoms with Crippen LogP contribution in [0.4, 0.5) is 18.9 Å². The highest BCUT2D eigenvalue weighted by Gasteiger charge is 2.59. The van der Waals surface area contributed by atoms with Crippen molar-refractivity contribution in [1.29, 1.82) is 0 Å². The Hall–Kier alpha value is -1.92. The van der Waals surface area contributed by atoms with Crippen LogP contribution in [0.25, 0.3) is 0 Å². The maximum Gasteiger partial charge on any atom is 0.400 e. The first-order valence-electron chi connectivity index (χ1n) is 8.72. The van der Waals surface area contributed by atoms with Gasteiger partial charge in [-0.3, -0.25) is 0 Å². The summed E-state index contributed by atoms with van der Waals surface area (Å²) in [5.74, 6) is -1.05. The first-order chi connectivity index (χ1) is 13.1. The lowest BCUT2D eigenvalue weighted by atomic mass is 9.79. The molecule has 1 heterocycles. The molecule has 3 rings (SSSR count). The Morgan fingerprint density at radius 2 is 1.82 bits per heavy atom. The minimum Gasteiger partial charge on any atom is -0.478 e. The number of benzene rings is 2. The van der Waals surface area contributed by atoms with Gasteiger partial charge in [0, 0.05) is 28.8 Å². The topological polar surface area (TPSA) is 40.5 Å². The van der Waals surface area contributed by atoms with E-state index in [0.717, 1.165) is 0 Å². The third-order valence-electron chi connectivity index (χ3n) is 5.29. The van der Waals surface area contributed by atoms with Gasteiger partial charge in [-0.1, -0.05) is 30.1 Å². The van der Waals surface area contributed by atoms with Crippen LogP contribution < -0.4 is 4.90 Å². The van der Waals surface area contributed by atoms with Crippen LogP contribution in [-0.2, 0) is 11.8 Å². The number of carboxylic acid groups (broad SMARTS) is 1. The van der Waals surface area contributed by atoms with Crippen LogP contribution in [0, 0.1) is 0 Å². The van der Waals surface area contributed by atoms with E-state index in [2.05, 4.69) is 0 Å². The number of rotatable bonds is 4. The van der Waals surface area contributed by atoms with Crippen molar-refractivity contribution in [1.82, 2.24) is 0 Å². The molecule has 0 radical (unpaired) electrons. The molecule has 1 atom stereocenters. The van der Waals surface area contributed by atoms with E-state index in [0.29, 0.717) is 17.7 Å². The lowest BCUT2D eigenvalue weighted by Crippen LogP contribution is -2.44. The molecule has 0 spiro atoms. The molecule has 1 N–H and O–H groups in total. The zero-order chi connectivity index (χ0) is 20.7. The molecule has 2 aromatic carbocycles. The summed E-state index contributed by atoms with van der Waals surface area (Å²) in [6.07, 6.45) is -4.17. The van der Waals surface area contributed by atoms with Gasteiger partial charge in [0.25, 0.3) is 0 Å². The standard InChI is InChI=1S/C20H18Cl2F3NO2/c1-2-12-7-16(3-4-17(12)18(27)28)26-6-5-19(11-26,20(23,24)25)13-8-14(21)10-15(22)9-13/h3-4,7-10H,2,5-6,11H2,1H3,(H,27,28)/t19-/m1/s1. The van der Waals surface area contributed by atoms with Gasteiger partial charge in [-0.25, -0.2) is 4.79 Å². The van der Waals surface area contributed by atoms with E-state index < -0.39 is 17.6 Å². The maximum atomic E-state index is 14.2. The molecule has 0 saturated carbocycles. The number of aromatic carboxylic acids is 1. The van der Waals surface area contributed by atoms with E-state index in [1.807, 2.05) is 6.92 Å². The van der Waals surface area contributed by atoms with Gasteiger partial charge < -0.3 is 10.0 Å². The van der Waals surface area contributed by atoms with Gasteiger partial charge in [-0.2, -0.15) is 13.2 Å². The molecular formula is C20H18Cl2F3NO2. The van der Waals surface area contributed by atoms with E-state index in [1.54, 1.807) is 17.0 Å². The lowest BCUT2D eigenvalue weighted by molar-refractivity contribution is -0.184. The van der Waals surface area contributed by atoms with E-state index in [1.165, 1.54) is 24.3 Å². The molecule has 0 unspecified atom stereocenters. The number of alkyl halides is 3. The number of anilines is 1. The fourth-order valence-electron chi connectivity index (χ4n) is 3.77. The van der Waals surface area contributed by atoms with Crippen LogP contribution in [0.3, 0.4) is 0 Å². The first-order valence-corrected chi connectivity index (χ1v) is 9.47. The minimum atomic E-state index is -4.50. The molecular weight excluding hydrogens is 414 g/mol. The molecule has 0 bridgehead atoms. The molecule has 1 saturated heterocycles. The van der Waals surface area contributed by atoms with Gasteiger partial charge in [-0.05, 0) is 60.4 Å². The SMILES string of the molecule is CCc1cc(N2CC[C@@](c3cc(Cl)cc(Cl)c3)(C(F)(F)F)C2)ccc1C(=O)O. The Kier molecular flexibility index (Phi) is 5.56. The Morgan fingerprint density at radius 1 is 1.18 bits per heavy atom. The van der Waals surface area contributed by atoms with Crippen molar-refractivity contribution in [2.75, 3.05) is 18.0 Å². The van der Waals surface area contributed by atoms with Crippen LogP contribution in [0.5, 0.6) is 0 Å². The number of hydrogen-bond donors (Lipinski definition) is 1. The number of nitrogens with zero attached hydrogens (tertiary/aromatic N) is 1. The molecule has 1 fully saturated rings. The van der Waals surface area contributed by atoms with Crippen LogP contribution >= 0.6 is 23.2 Å². The van der Waals surface area contributed by atoms with Crippen molar-refractivity contribution >= 4 is 34.9 Å². The summed E-state index contributed by atoms with van der Waals surface area (Å²) in [6.45, 7) is 1.70. The number of carboxylic acids is 1. The zero-order valence-electron chi connectivity index (χ0n) is 15.0. The van der Waals surface area contributed by atoms with Crippen molar-refractivity contribution in [3.05, 3.63) is 63.1 Å². The summed E-state index contributed by atoms with van der Waals surface area (Å²) >= 11 is 11.9. The summed E-state index contributed by atoms with van der Waals surface area (Å²) in [5, 5.41) is 9.57. The van der Waals surface area contributed by atoms with Gasteiger partial charge in [0.1, 0.15) is 5.41 Å². The minimum absolute atomic E-state index is 0.0397. The Labute approximate surface area is 170 Å². The van der Waals surface area contributed by atoms with E-state index in [-0.39, 0.29) is 40.7 Å². The number of hydrogen-bond acceptors (Lipinski definition) is 2. The lowest BCUT2D eigenvalue weighted by Gasteiger charge is -2.33. The molecule has 150 valence electrons. The highest BCUT2D eigenvalue weighted by atomic mass is 35.5. The molecule has 1 aliphatic heterocycles. The monoisotopic (exact) mass is 431 g/mol. The van der Waals surface area contributed by atoms with Gasteiger partial charge in [-0.15, -0.1) is 0 Å². The fraction of sp³-hybridized carbons (Fsp3) is 0.350. The highest BCUT2D eigenvalue weighted by Crippen LogP contribution is 2.49. The Balaban J connectivity index is 2.02. The second kappa shape index (κ2) is 7.48. The quantitative estimate of drug-likeness (QED) is 0.648. The van der Waals surface area contributed by atoms with Gasteiger partial charge in [0.2, 0.25) is 0 Å². The third kappa shape index (κ3) is 3.67. The molecule has 3 nitrogen and oxygen atoms in total. The number of halogens is 5. The average molecular weight is 432 g/mol. The van der Waals surface area contributed by atoms with Crippen molar-refractivity contribution in [3.8, 4) is 0 Å². The second-order valence-corrected chi connectivity index (χ2v) is 7.78. The summed E-state index contributed by atoms with van der Waals surface area (Å²) in [7, 11) is 0. The molecule has 2 aromatic rings. The first kappa shape index (κ1) is 20.8. The van der Waals surface area contributed by atoms with Gasteiger partial charge in [0.15, 0.2) is 0 Å². The van der Waals surface area contributed by atoms with Gasteiger partial charge >= 0.3 is 12.1 Å². The molecule has 0 amide bonds. The predicted octanol–water partition coefficient (Wildman–Crippen LogP) is 5.96. The van der Waals surface area contributed by atoms with Crippen LogP contribution in [-0.4, -0.2) is 30.3 Å². The predicted molar refractivity (Wildman–Crippen MR) is 104 cm³/mol. The van der Waals surface area contributed by atoms with Crippen LogP contribution in [0.1, 0.15) is 34.8 Å². The Bertz CT molecular complexity index is 897. The van der Waals surface area contributed by atoms with Crippen LogP contribution in [0.2, 0.25) is 10.0 Å². The molecule has 0 aromatic heterocycles. The second-order valence-electron chi connectivity index (χ2n) is 6.91. The molecule has 28 heavy (non-hydrogen) atoms. The summed E-state index contributed by atoms with van der Waals surface area (Å²) in [6, 6.07) is 8.69. The van der Waals surface area contributed by atoms with Crippen molar-refractivity contribution in [2.45, 2.75) is 31.4 Å². The average Bonchev–Trinajstić information content (AvgIpc) is 3.07. The smallest absolute Gasteiger partial charge is 0.400 e. The summed E-state index contributed by atoms with van der Waals surface area (Å²) < 4.78 is 42.5. The molecule has 1 aliphatic rings. The number of carbonyl (C=O) groups is 1. The fourth-order valence-corrected chi connectivity index (χ4v) is 4.29. The maximum absolute atomic E-state index is 14.2. The van der Waals surface area contributed by atoms with Crippen molar-refractivity contribution in [3.63, 3.8) is 0 Å². The van der Waals surface area contributed by atoms with Gasteiger partial charge in [0.05, 0.1) is 5.56 Å². The normalized spacial score (nSPS) is 19.9.